The van der Waals surface area contributed by atoms with E-state index in [0.717, 1.165) is 23.0 Å². The lowest BCUT2D eigenvalue weighted by Gasteiger charge is -2.23. The monoisotopic (exact) mass is 318 g/mol. The van der Waals surface area contributed by atoms with E-state index < -0.39 is 0 Å². The molecule has 0 saturated carbocycles. The third-order valence-corrected chi connectivity index (χ3v) is 3.81. The minimum atomic E-state index is -0.301. The van der Waals surface area contributed by atoms with Gasteiger partial charge in [0.05, 0.1) is 24.6 Å². The highest BCUT2D eigenvalue weighted by atomic mass is 16.3. The summed E-state index contributed by atoms with van der Waals surface area (Å²) in [6, 6.07) is 5.75. The van der Waals surface area contributed by atoms with Crippen LogP contribution in [-0.2, 0) is 18.0 Å². The Morgan fingerprint density at radius 3 is 2.39 bits per heavy atom. The van der Waals surface area contributed by atoms with Crippen molar-refractivity contribution in [3.63, 3.8) is 0 Å². The number of aliphatic hydroxyl groups excluding tert-OH is 2. The van der Waals surface area contributed by atoms with E-state index in [0.29, 0.717) is 30.8 Å². The second-order valence-corrected chi connectivity index (χ2v) is 5.29. The van der Waals surface area contributed by atoms with Gasteiger partial charge in [-0.1, -0.05) is 6.07 Å². The zero-order valence-corrected chi connectivity index (χ0v) is 13.2. The van der Waals surface area contributed by atoms with Crippen molar-refractivity contribution in [3.05, 3.63) is 29.6 Å². The number of carbonyl (C=O) groups excluding carboxylic acids is 1. The number of nitrogens with two attached hydrogens (primary N) is 1. The van der Waals surface area contributed by atoms with Gasteiger partial charge in [-0.05, 0) is 25.5 Å². The number of carbonyl (C=O) groups is 1. The molecule has 23 heavy (non-hydrogen) atoms. The van der Waals surface area contributed by atoms with Crippen LogP contribution < -0.4 is 10.6 Å². The van der Waals surface area contributed by atoms with Crippen molar-refractivity contribution in [3.8, 4) is 0 Å². The second kappa shape index (κ2) is 7.85. The summed E-state index contributed by atoms with van der Waals surface area (Å²) in [7, 11) is 0. The van der Waals surface area contributed by atoms with E-state index in [1.807, 2.05) is 25.1 Å². The first-order chi connectivity index (χ1) is 11.1. The number of primary amides is 1. The Bertz CT molecular complexity index is 690. The maximum Gasteiger partial charge on any atom is 0.217 e. The Labute approximate surface area is 134 Å². The highest BCUT2D eigenvalue weighted by Gasteiger charge is 2.12. The predicted octanol–water partition coefficient (Wildman–Crippen LogP) is 0.706. The van der Waals surface area contributed by atoms with E-state index in [9.17, 15) is 15.0 Å². The molecule has 7 heteroatoms. The van der Waals surface area contributed by atoms with Gasteiger partial charge in [-0.3, -0.25) is 4.79 Å². The molecule has 0 fully saturated rings. The molecule has 0 atom stereocenters. The van der Waals surface area contributed by atoms with Crippen LogP contribution >= 0.6 is 0 Å². The third-order valence-electron chi connectivity index (χ3n) is 3.81. The van der Waals surface area contributed by atoms with Crippen LogP contribution in [-0.4, -0.2) is 39.4 Å². The van der Waals surface area contributed by atoms with Crippen LogP contribution in [0.5, 0.6) is 0 Å². The highest BCUT2D eigenvalue weighted by molar-refractivity contribution is 5.89. The van der Waals surface area contributed by atoms with Crippen LogP contribution in [0.1, 0.15) is 31.2 Å². The Kier molecular flexibility index (Phi) is 5.84. The molecular weight excluding hydrogens is 296 g/mol. The Morgan fingerprint density at radius 2 is 1.83 bits per heavy atom. The molecule has 2 aromatic rings. The molecule has 1 aromatic heterocycles. The van der Waals surface area contributed by atoms with Gasteiger partial charge in [0.25, 0.3) is 0 Å². The van der Waals surface area contributed by atoms with Crippen molar-refractivity contribution in [1.82, 2.24) is 10.2 Å². The van der Waals surface area contributed by atoms with Gasteiger partial charge in [-0.2, -0.15) is 10.2 Å². The van der Waals surface area contributed by atoms with Crippen LogP contribution in [0.2, 0.25) is 0 Å². The maximum absolute atomic E-state index is 10.9. The number of aliphatic hydroxyl groups is 2. The normalized spacial score (nSPS) is 10.9. The molecule has 124 valence electrons. The van der Waals surface area contributed by atoms with Crippen molar-refractivity contribution in [2.75, 3.05) is 18.0 Å². The molecule has 0 saturated heterocycles. The Morgan fingerprint density at radius 1 is 1.17 bits per heavy atom. The van der Waals surface area contributed by atoms with E-state index in [-0.39, 0.29) is 19.1 Å². The molecule has 0 spiro atoms. The molecule has 0 unspecified atom stereocenters. The maximum atomic E-state index is 10.9. The topological polar surface area (TPSA) is 113 Å². The zero-order chi connectivity index (χ0) is 16.8. The number of fused-ring (bicyclic) bond motifs is 1. The fourth-order valence-corrected chi connectivity index (χ4v) is 2.60. The predicted molar refractivity (Wildman–Crippen MR) is 87.7 cm³/mol. The molecule has 4 N–H and O–H groups in total. The van der Waals surface area contributed by atoms with Gasteiger partial charge >= 0.3 is 0 Å². The van der Waals surface area contributed by atoms with E-state index in [1.54, 1.807) is 0 Å². The summed E-state index contributed by atoms with van der Waals surface area (Å²) in [5.41, 5.74) is 7.11. The number of aromatic nitrogens is 2. The molecule has 1 amide bonds. The molecule has 1 heterocycles. The van der Waals surface area contributed by atoms with Crippen LogP contribution in [0.15, 0.2) is 18.2 Å². The van der Waals surface area contributed by atoms with Crippen molar-refractivity contribution in [2.24, 2.45) is 5.73 Å². The van der Waals surface area contributed by atoms with Crippen molar-refractivity contribution < 1.29 is 15.0 Å². The molecule has 0 aliphatic rings. The lowest BCUT2D eigenvalue weighted by Crippen LogP contribution is -2.25. The van der Waals surface area contributed by atoms with Crippen molar-refractivity contribution in [2.45, 2.75) is 33.0 Å². The van der Waals surface area contributed by atoms with Gasteiger partial charge in [-0.25, -0.2) is 0 Å². The summed E-state index contributed by atoms with van der Waals surface area (Å²) in [5, 5.41) is 28.3. The molecule has 0 bridgehead atoms. The lowest BCUT2D eigenvalue weighted by atomic mass is 10.1. The van der Waals surface area contributed by atoms with Crippen LogP contribution in [0.4, 0.5) is 5.69 Å². The van der Waals surface area contributed by atoms with E-state index >= 15 is 0 Å². The fourth-order valence-electron chi connectivity index (χ4n) is 2.60. The first kappa shape index (κ1) is 17.1. The molecule has 1 aromatic carbocycles. The third kappa shape index (κ3) is 3.94. The van der Waals surface area contributed by atoms with Crippen molar-refractivity contribution in [1.29, 1.82) is 0 Å². The summed E-state index contributed by atoms with van der Waals surface area (Å²) in [4.78, 5) is 13.0. The van der Waals surface area contributed by atoms with Gasteiger partial charge in [-0.15, -0.1) is 0 Å². The Hall–Kier alpha value is -2.25. The first-order valence-corrected chi connectivity index (χ1v) is 7.63. The van der Waals surface area contributed by atoms with Crippen LogP contribution in [0.3, 0.4) is 0 Å². The standard InChI is InChI=1S/C16H22N4O3/c1-2-20(7-3-4-16(17)23)11-5-6-12-13(8-11)15(10-22)19-18-14(12)9-21/h5-6,8,21-22H,2-4,7,9-10H2,1H3,(H2,17,23). The number of nitrogens with zero attached hydrogens (tertiary/aromatic N) is 3. The lowest BCUT2D eigenvalue weighted by molar-refractivity contribution is -0.118. The SMILES string of the molecule is CCN(CCCC(N)=O)c1ccc2c(CO)nnc(CO)c2c1. The first-order valence-electron chi connectivity index (χ1n) is 7.63. The molecule has 0 aliphatic heterocycles. The highest BCUT2D eigenvalue weighted by Crippen LogP contribution is 2.26. The number of hydrogen-bond donors (Lipinski definition) is 3. The summed E-state index contributed by atoms with van der Waals surface area (Å²) in [5.74, 6) is -0.301. The van der Waals surface area contributed by atoms with E-state index in [2.05, 4.69) is 15.1 Å². The molecule has 0 radical (unpaired) electrons. The van der Waals surface area contributed by atoms with Gasteiger partial charge < -0.3 is 20.8 Å². The largest absolute Gasteiger partial charge is 0.390 e. The smallest absolute Gasteiger partial charge is 0.217 e. The number of benzene rings is 1. The van der Waals surface area contributed by atoms with Crippen molar-refractivity contribution >= 4 is 22.4 Å². The van der Waals surface area contributed by atoms with Crippen LogP contribution in [0, 0.1) is 0 Å². The minimum Gasteiger partial charge on any atom is -0.390 e. The quantitative estimate of drug-likeness (QED) is 0.660. The number of rotatable bonds is 8. The minimum absolute atomic E-state index is 0.204. The average molecular weight is 318 g/mol. The molecular formula is C16H22N4O3. The number of amides is 1. The molecule has 2 rings (SSSR count). The van der Waals surface area contributed by atoms with Crippen LogP contribution in [0.25, 0.3) is 10.8 Å². The van der Waals surface area contributed by atoms with Gasteiger partial charge in [0, 0.05) is 36.0 Å². The molecule has 0 aliphatic carbocycles. The number of hydrogen-bond acceptors (Lipinski definition) is 6. The fraction of sp³-hybridized carbons (Fsp3) is 0.438. The number of anilines is 1. The Balaban J connectivity index is 2.35. The van der Waals surface area contributed by atoms with Gasteiger partial charge in [0.15, 0.2) is 0 Å². The summed E-state index contributed by atoms with van der Waals surface area (Å²) in [6.07, 6.45) is 1.04. The van der Waals surface area contributed by atoms with Gasteiger partial charge in [0.1, 0.15) is 0 Å². The summed E-state index contributed by atoms with van der Waals surface area (Å²) >= 11 is 0. The zero-order valence-electron chi connectivity index (χ0n) is 13.2. The van der Waals surface area contributed by atoms with Gasteiger partial charge in [0.2, 0.25) is 5.91 Å². The summed E-state index contributed by atoms with van der Waals surface area (Å²) in [6.45, 7) is 3.11. The summed E-state index contributed by atoms with van der Waals surface area (Å²) < 4.78 is 0. The second-order valence-electron chi connectivity index (χ2n) is 5.29. The van der Waals surface area contributed by atoms with E-state index in [1.165, 1.54) is 0 Å². The molecule has 7 nitrogen and oxygen atoms in total. The van der Waals surface area contributed by atoms with E-state index in [4.69, 9.17) is 5.73 Å². The average Bonchev–Trinajstić information content (AvgIpc) is 2.57.